The second-order valence-corrected chi connectivity index (χ2v) is 10.9. The lowest BCUT2D eigenvalue weighted by molar-refractivity contribution is -0.154. The SMILES string of the molecule is CCCCCCCCOc1ccc(-c2ccc(C(=O)Oc3ccc(C(=O)O[C@@H](C)C(=O)OCCOCCCC)c(F)c3)cc2)cc1. The van der Waals surface area contributed by atoms with E-state index in [4.69, 9.17) is 23.7 Å². The minimum atomic E-state index is -1.25. The van der Waals surface area contributed by atoms with Crippen LogP contribution < -0.4 is 9.47 Å². The van der Waals surface area contributed by atoms with Crippen molar-refractivity contribution in [2.75, 3.05) is 26.4 Å². The molecule has 46 heavy (non-hydrogen) atoms. The van der Waals surface area contributed by atoms with E-state index in [-0.39, 0.29) is 24.5 Å². The summed E-state index contributed by atoms with van der Waals surface area (Å²) in [5, 5.41) is 0. The topological polar surface area (TPSA) is 97.4 Å². The highest BCUT2D eigenvalue weighted by Gasteiger charge is 2.23. The highest BCUT2D eigenvalue weighted by atomic mass is 19.1. The van der Waals surface area contributed by atoms with Crippen LogP contribution >= 0.6 is 0 Å². The summed E-state index contributed by atoms with van der Waals surface area (Å²) in [7, 11) is 0. The van der Waals surface area contributed by atoms with Crippen LogP contribution in [0.5, 0.6) is 11.5 Å². The third-order valence-corrected chi connectivity index (χ3v) is 7.18. The van der Waals surface area contributed by atoms with Crippen molar-refractivity contribution in [3.05, 3.63) is 83.7 Å². The van der Waals surface area contributed by atoms with Gasteiger partial charge in [-0.15, -0.1) is 0 Å². The van der Waals surface area contributed by atoms with Gasteiger partial charge >= 0.3 is 17.9 Å². The molecule has 0 aliphatic heterocycles. The average Bonchev–Trinajstić information content (AvgIpc) is 3.06. The van der Waals surface area contributed by atoms with Crippen molar-refractivity contribution in [1.29, 1.82) is 0 Å². The van der Waals surface area contributed by atoms with Gasteiger partial charge in [-0.1, -0.05) is 76.6 Å². The summed E-state index contributed by atoms with van der Waals surface area (Å²) in [5.74, 6) is -2.73. The molecule has 0 aliphatic rings. The molecule has 0 radical (unpaired) electrons. The smallest absolute Gasteiger partial charge is 0.347 e. The quantitative estimate of drug-likeness (QED) is 0.0694. The standard InChI is InChI=1S/C37H45FO8/c1-4-6-8-9-10-11-23-43-31-18-16-29(17-19-31)28-12-14-30(15-13-28)36(40)46-32-20-21-33(34(38)26-32)37(41)45-27(3)35(39)44-25-24-42-22-7-5-2/h12-21,26-27H,4-11,22-25H2,1-3H3/t27-/m0/s1. The van der Waals surface area contributed by atoms with E-state index in [0.717, 1.165) is 48.3 Å². The van der Waals surface area contributed by atoms with Crippen LogP contribution in [0.25, 0.3) is 11.1 Å². The van der Waals surface area contributed by atoms with E-state index in [1.54, 1.807) is 24.3 Å². The molecule has 0 spiro atoms. The molecule has 0 fully saturated rings. The Morgan fingerprint density at radius 1 is 0.674 bits per heavy atom. The van der Waals surface area contributed by atoms with Crippen LogP contribution in [0.2, 0.25) is 0 Å². The van der Waals surface area contributed by atoms with Crippen molar-refractivity contribution in [2.45, 2.75) is 78.2 Å². The van der Waals surface area contributed by atoms with Gasteiger partial charge in [0.2, 0.25) is 0 Å². The van der Waals surface area contributed by atoms with Crippen LogP contribution in [0.4, 0.5) is 4.39 Å². The highest BCUT2D eigenvalue weighted by molar-refractivity contribution is 5.93. The molecule has 0 heterocycles. The molecular weight excluding hydrogens is 591 g/mol. The van der Waals surface area contributed by atoms with E-state index in [1.165, 1.54) is 45.1 Å². The Morgan fingerprint density at radius 2 is 1.30 bits per heavy atom. The molecule has 0 saturated carbocycles. The molecule has 0 amide bonds. The molecule has 0 aliphatic carbocycles. The number of ether oxygens (including phenoxy) is 5. The second-order valence-electron chi connectivity index (χ2n) is 10.9. The minimum Gasteiger partial charge on any atom is -0.494 e. The maximum atomic E-state index is 14.7. The molecule has 0 N–H and O–H groups in total. The molecule has 9 heteroatoms. The summed E-state index contributed by atoms with van der Waals surface area (Å²) in [6, 6.07) is 18.0. The second kappa shape index (κ2) is 20.0. The van der Waals surface area contributed by atoms with E-state index in [0.29, 0.717) is 13.2 Å². The lowest BCUT2D eigenvalue weighted by Gasteiger charge is -2.13. The number of unbranched alkanes of at least 4 members (excludes halogenated alkanes) is 6. The summed E-state index contributed by atoms with van der Waals surface area (Å²) >= 11 is 0. The zero-order chi connectivity index (χ0) is 33.1. The van der Waals surface area contributed by atoms with E-state index in [1.807, 2.05) is 31.2 Å². The lowest BCUT2D eigenvalue weighted by Crippen LogP contribution is -2.27. The van der Waals surface area contributed by atoms with Crippen LogP contribution in [0, 0.1) is 5.82 Å². The van der Waals surface area contributed by atoms with Gasteiger partial charge in [-0.05, 0) is 67.3 Å². The Morgan fingerprint density at radius 3 is 1.98 bits per heavy atom. The fraction of sp³-hybridized carbons (Fsp3) is 0.432. The van der Waals surface area contributed by atoms with Crippen LogP contribution in [0.1, 0.15) is 92.9 Å². The first-order chi connectivity index (χ1) is 22.3. The third-order valence-electron chi connectivity index (χ3n) is 7.18. The monoisotopic (exact) mass is 636 g/mol. The Hall–Kier alpha value is -4.24. The van der Waals surface area contributed by atoms with E-state index in [2.05, 4.69) is 6.92 Å². The van der Waals surface area contributed by atoms with Gasteiger partial charge < -0.3 is 23.7 Å². The van der Waals surface area contributed by atoms with Gasteiger partial charge in [-0.25, -0.2) is 18.8 Å². The first-order valence-corrected chi connectivity index (χ1v) is 16.1. The van der Waals surface area contributed by atoms with Crippen molar-refractivity contribution in [3.63, 3.8) is 0 Å². The zero-order valence-electron chi connectivity index (χ0n) is 27.1. The van der Waals surface area contributed by atoms with Crippen molar-refractivity contribution in [2.24, 2.45) is 0 Å². The van der Waals surface area contributed by atoms with Crippen molar-refractivity contribution < 1.29 is 42.5 Å². The number of hydrogen-bond acceptors (Lipinski definition) is 8. The Balaban J connectivity index is 1.46. The first-order valence-electron chi connectivity index (χ1n) is 16.1. The maximum absolute atomic E-state index is 14.7. The molecule has 3 aromatic carbocycles. The van der Waals surface area contributed by atoms with Gasteiger partial charge in [0.1, 0.15) is 23.9 Å². The minimum absolute atomic E-state index is 0.0174. The Bertz CT molecular complexity index is 1370. The first kappa shape index (κ1) is 36.2. The largest absolute Gasteiger partial charge is 0.494 e. The molecule has 3 aromatic rings. The van der Waals surface area contributed by atoms with Crippen LogP contribution in [-0.4, -0.2) is 50.4 Å². The van der Waals surface area contributed by atoms with E-state index < -0.39 is 35.4 Å². The summed E-state index contributed by atoms with van der Waals surface area (Å²) in [6.07, 6.45) is 7.93. The number of carbonyl (C=O) groups is 3. The van der Waals surface area contributed by atoms with Gasteiger partial charge in [0.05, 0.1) is 24.3 Å². The summed E-state index contributed by atoms with van der Waals surface area (Å²) in [4.78, 5) is 37.2. The molecule has 248 valence electrons. The summed E-state index contributed by atoms with van der Waals surface area (Å²) < 4.78 is 41.3. The number of esters is 3. The van der Waals surface area contributed by atoms with Crippen molar-refractivity contribution >= 4 is 17.9 Å². The molecule has 3 rings (SSSR count). The highest BCUT2D eigenvalue weighted by Crippen LogP contribution is 2.24. The molecule has 0 saturated heterocycles. The van der Waals surface area contributed by atoms with Crippen molar-refractivity contribution in [3.8, 4) is 22.6 Å². The van der Waals surface area contributed by atoms with Crippen LogP contribution in [0.15, 0.2) is 66.7 Å². The third kappa shape index (κ3) is 12.3. The summed E-state index contributed by atoms with van der Waals surface area (Å²) in [5.41, 5.74) is 1.74. The number of carbonyl (C=O) groups excluding carboxylic acids is 3. The van der Waals surface area contributed by atoms with Crippen molar-refractivity contribution in [1.82, 2.24) is 0 Å². The predicted octanol–water partition coefficient (Wildman–Crippen LogP) is 8.36. The molecule has 0 aromatic heterocycles. The number of halogens is 1. The fourth-order valence-electron chi connectivity index (χ4n) is 4.44. The van der Waals surface area contributed by atoms with Gasteiger partial charge in [0.15, 0.2) is 6.10 Å². The number of benzene rings is 3. The summed E-state index contributed by atoms with van der Waals surface area (Å²) in [6.45, 7) is 7.10. The van der Waals surface area contributed by atoms with E-state index >= 15 is 0 Å². The van der Waals surface area contributed by atoms with Gasteiger partial charge in [0, 0.05) is 12.7 Å². The fourth-order valence-corrected chi connectivity index (χ4v) is 4.44. The van der Waals surface area contributed by atoms with Gasteiger partial charge in [-0.2, -0.15) is 0 Å². The zero-order valence-corrected chi connectivity index (χ0v) is 27.1. The van der Waals surface area contributed by atoms with E-state index in [9.17, 15) is 18.8 Å². The molecular formula is C37H45FO8. The Labute approximate surface area is 271 Å². The lowest BCUT2D eigenvalue weighted by atomic mass is 10.0. The molecule has 0 bridgehead atoms. The average molecular weight is 637 g/mol. The molecule has 1 atom stereocenters. The maximum Gasteiger partial charge on any atom is 0.347 e. The van der Waals surface area contributed by atoms with Gasteiger partial charge in [-0.3, -0.25) is 0 Å². The van der Waals surface area contributed by atoms with Gasteiger partial charge in [0.25, 0.3) is 0 Å². The van der Waals surface area contributed by atoms with Crippen LogP contribution in [-0.2, 0) is 19.0 Å². The molecule has 0 unspecified atom stereocenters. The number of hydrogen-bond donors (Lipinski definition) is 0. The van der Waals surface area contributed by atoms with Crippen LogP contribution in [0.3, 0.4) is 0 Å². The predicted molar refractivity (Wildman–Crippen MR) is 174 cm³/mol. The number of rotatable bonds is 20. The molecule has 8 nitrogen and oxygen atoms in total. The Kier molecular flexibility index (Phi) is 15.8. The normalized spacial score (nSPS) is 11.5.